The predicted octanol–water partition coefficient (Wildman–Crippen LogP) is 4.39. The maximum Gasteiger partial charge on any atom is 0.265 e. The molecule has 0 saturated carbocycles. The van der Waals surface area contributed by atoms with Crippen molar-refractivity contribution in [2.24, 2.45) is 0 Å². The summed E-state index contributed by atoms with van der Waals surface area (Å²) in [6.45, 7) is 0. The van der Waals surface area contributed by atoms with E-state index in [0.29, 0.717) is 4.47 Å². The summed E-state index contributed by atoms with van der Waals surface area (Å²) in [5.41, 5.74) is 5.42. The van der Waals surface area contributed by atoms with Gasteiger partial charge in [0.25, 0.3) is 10.0 Å². The van der Waals surface area contributed by atoms with E-state index in [1.54, 1.807) is 0 Å². The molecule has 0 aliphatic carbocycles. The normalized spacial score (nSPS) is 11.4. The molecule has 2 aromatic rings. The van der Waals surface area contributed by atoms with Gasteiger partial charge in [-0.1, -0.05) is 33.6 Å². The van der Waals surface area contributed by atoms with Crippen LogP contribution in [0, 0.1) is 5.82 Å². The van der Waals surface area contributed by atoms with Crippen LogP contribution < -0.4 is 10.5 Å². The van der Waals surface area contributed by atoms with E-state index in [1.807, 2.05) is 0 Å². The second-order valence-corrected chi connectivity index (χ2v) is 7.80. The molecule has 0 bridgehead atoms. The molecule has 21 heavy (non-hydrogen) atoms. The second-order valence-electron chi connectivity index (χ2n) is 4.01. The van der Waals surface area contributed by atoms with Crippen LogP contribution in [0.3, 0.4) is 0 Å². The van der Waals surface area contributed by atoms with Crippen LogP contribution in [0.2, 0.25) is 5.02 Å². The van der Waals surface area contributed by atoms with Crippen LogP contribution in [0.5, 0.6) is 0 Å². The van der Waals surface area contributed by atoms with E-state index >= 15 is 0 Å². The van der Waals surface area contributed by atoms with Gasteiger partial charge in [0.1, 0.15) is 16.4 Å². The SMILES string of the molecule is Nc1cc(Br)cc(Br)c1S(=O)(=O)Nc1c(F)cccc1Cl. The third-order valence-corrected chi connectivity index (χ3v) is 5.63. The van der Waals surface area contributed by atoms with Gasteiger partial charge in [0.15, 0.2) is 0 Å². The van der Waals surface area contributed by atoms with Crippen LogP contribution >= 0.6 is 43.5 Å². The van der Waals surface area contributed by atoms with E-state index in [9.17, 15) is 12.8 Å². The Morgan fingerprint density at radius 1 is 1.24 bits per heavy atom. The molecular weight excluding hydrogens is 450 g/mol. The van der Waals surface area contributed by atoms with E-state index in [1.165, 1.54) is 24.3 Å². The zero-order valence-electron chi connectivity index (χ0n) is 10.2. The largest absolute Gasteiger partial charge is 0.398 e. The van der Waals surface area contributed by atoms with E-state index < -0.39 is 15.8 Å². The molecule has 0 aliphatic heterocycles. The number of nitrogens with one attached hydrogen (secondary N) is 1. The highest BCUT2D eigenvalue weighted by Gasteiger charge is 2.24. The maximum atomic E-state index is 13.7. The highest BCUT2D eigenvalue weighted by molar-refractivity contribution is 9.11. The van der Waals surface area contributed by atoms with Gasteiger partial charge < -0.3 is 5.73 Å². The van der Waals surface area contributed by atoms with E-state index in [4.69, 9.17) is 17.3 Å². The van der Waals surface area contributed by atoms with Gasteiger partial charge >= 0.3 is 0 Å². The van der Waals surface area contributed by atoms with Crippen molar-refractivity contribution in [1.82, 2.24) is 0 Å². The number of hydrogen-bond donors (Lipinski definition) is 2. The number of hydrogen-bond acceptors (Lipinski definition) is 3. The minimum Gasteiger partial charge on any atom is -0.398 e. The summed E-state index contributed by atoms with van der Waals surface area (Å²) in [4.78, 5) is -0.190. The number of anilines is 2. The number of rotatable bonds is 3. The molecule has 0 atom stereocenters. The summed E-state index contributed by atoms with van der Waals surface area (Å²) in [6.07, 6.45) is 0. The second kappa shape index (κ2) is 6.12. The maximum absolute atomic E-state index is 13.7. The van der Waals surface area contributed by atoms with Crippen molar-refractivity contribution in [3.8, 4) is 0 Å². The van der Waals surface area contributed by atoms with Crippen molar-refractivity contribution >= 4 is 64.9 Å². The van der Waals surface area contributed by atoms with E-state index in [2.05, 4.69) is 36.6 Å². The summed E-state index contributed by atoms with van der Waals surface area (Å²) >= 11 is 12.1. The monoisotopic (exact) mass is 456 g/mol. The Hall–Kier alpha value is -0.830. The average Bonchev–Trinajstić information content (AvgIpc) is 2.32. The summed E-state index contributed by atoms with van der Waals surface area (Å²) in [7, 11) is -4.10. The lowest BCUT2D eigenvalue weighted by atomic mass is 10.3. The van der Waals surface area contributed by atoms with Gasteiger partial charge in [-0.15, -0.1) is 0 Å². The zero-order chi connectivity index (χ0) is 15.8. The first-order valence-corrected chi connectivity index (χ1v) is 8.88. The highest BCUT2D eigenvalue weighted by atomic mass is 79.9. The fourth-order valence-corrected chi connectivity index (χ4v) is 5.07. The molecule has 0 spiro atoms. The topological polar surface area (TPSA) is 72.2 Å². The number of sulfonamides is 1. The van der Waals surface area contributed by atoms with E-state index in [0.717, 1.165) is 6.07 Å². The molecule has 0 aliphatic rings. The minimum absolute atomic E-state index is 0.0104. The Morgan fingerprint density at radius 3 is 2.48 bits per heavy atom. The van der Waals surface area contributed by atoms with Crippen molar-refractivity contribution < 1.29 is 12.8 Å². The Labute approximate surface area is 142 Å². The third-order valence-electron chi connectivity index (χ3n) is 2.51. The summed E-state index contributed by atoms with van der Waals surface area (Å²) in [5, 5.41) is -0.0506. The molecule has 112 valence electrons. The molecule has 0 saturated heterocycles. The minimum atomic E-state index is -4.10. The van der Waals surface area contributed by atoms with Gasteiger partial charge in [-0.3, -0.25) is 4.72 Å². The number of halogens is 4. The molecule has 0 amide bonds. The molecule has 0 heterocycles. The van der Waals surface area contributed by atoms with Gasteiger partial charge in [-0.25, -0.2) is 12.8 Å². The molecule has 3 N–H and O–H groups in total. The number of para-hydroxylation sites is 1. The molecular formula is C12H8Br2ClFN2O2S. The Bertz CT molecular complexity index is 772. The van der Waals surface area contributed by atoms with Crippen LogP contribution in [0.1, 0.15) is 0 Å². The first-order chi connectivity index (χ1) is 9.72. The van der Waals surface area contributed by atoms with Crippen LogP contribution in [0.4, 0.5) is 15.8 Å². The highest BCUT2D eigenvalue weighted by Crippen LogP contribution is 2.34. The number of nitrogen functional groups attached to an aromatic ring is 1. The van der Waals surface area contributed by atoms with Crippen LogP contribution in [0.15, 0.2) is 44.2 Å². The molecule has 0 fully saturated rings. The molecule has 0 aromatic heterocycles. The van der Waals surface area contributed by atoms with E-state index in [-0.39, 0.29) is 25.8 Å². The van der Waals surface area contributed by atoms with Crippen molar-refractivity contribution in [3.05, 3.63) is 50.1 Å². The average molecular weight is 459 g/mol. The molecule has 0 unspecified atom stereocenters. The molecule has 9 heteroatoms. The molecule has 2 rings (SSSR count). The molecule has 4 nitrogen and oxygen atoms in total. The molecule has 2 aromatic carbocycles. The quantitative estimate of drug-likeness (QED) is 0.671. The summed E-state index contributed by atoms with van der Waals surface area (Å²) in [6, 6.07) is 6.81. The van der Waals surface area contributed by atoms with Gasteiger partial charge in [0, 0.05) is 8.95 Å². The Kier molecular flexibility index (Phi) is 4.82. The standard InChI is InChI=1S/C12H8Br2ClFN2O2S/c13-6-4-7(14)12(10(17)5-6)21(19,20)18-11-8(15)2-1-3-9(11)16/h1-5,18H,17H2. The first kappa shape index (κ1) is 16.5. The van der Waals surface area contributed by atoms with Gasteiger partial charge in [-0.2, -0.15) is 0 Å². The Balaban J connectivity index is 2.54. The van der Waals surface area contributed by atoms with Crippen molar-refractivity contribution in [2.75, 3.05) is 10.5 Å². The van der Waals surface area contributed by atoms with Crippen molar-refractivity contribution in [1.29, 1.82) is 0 Å². The van der Waals surface area contributed by atoms with Gasteiger partial charge in [0.2, 0.25) is 0 Å². The van der Waals surface area contributed by atoms with Gasteiger partial charge in [0.05, 0.1) is 10.7 Å². The van der Waals surface area contributed by atoms with Crippen LogP contribution in [0.25, 0.3) is 0 Å². The van der Waals surface area contributed by atoms with Crippen molar-refractivity contribution in [2.45, 2.75) is 4.90 Å². The smallest absolute Gasteiger partial charge is 0.265 e. The molecule has 0 radical (unpaired) electrons. The lowest BCUT2D eigenvalue weighted by Crippen LogP contribution is -2.16. The zero-order valence-corrected chi connectivity index (χ0v) is 14.9. The first-order valence-electron chi connectivity index (χ1n) is 5.43. The summed E-state index contributed by atoms with van der Waals surface area (Å²) in [5.74, 6) is -0.780. The van der Waals surface area contributed by atoms with Gasteiger partial charge in [-0.05, 0) is 40.2 Å². The van der Waals surface area contributed by atoms with Crippen LogP contribution in [-0.4, -0.2) is 8.42 Å². The fourth-order valence-electron chi connectivity index (χ4n) is 1.64. The summed E-state index contributed by atoms with van der Waals surface area (Å²) < 4.78 is 41.5. The lowest BCUT2D eigenvalue weighted by Gasteiger charge is -2.13. The lowest BCUT2D eigenvalue weighted by molar-refractivity contribution is 0.598. The van der Waals surface area contributed by atoms with Crippen LogP contribution in [-0.2, 0) is 10.0 Å². The third kappa shape index (κ3) is 3.50. The number of nitrogens with two attached hydrogens (primary N) is 1. The number of benzene rings is 2. The van der Waals surface area contributed by atoms with Crippen molar-refractivity contribution in [3.63, 3.8) is 0 Å². The fraction of sp³-hybridized carbons (Fsp3) is 0. The predicted molar refractivity (Wildman–Crippen MR) is 88.5 cm³/mol. The Morgan fingerprint density at radius 2 is 1.90 bits per heavy atom.